The van der Waals surface area contributed by atoms with Crippen LogP contribution in [0, 0.1) is 10.8 Å². The van der Waals surface area contributed by atoms with Crippen molar-refractivity contribution in [1.82, 2.24) is 0 Å². The van der Waals surface area contributed by atoms with Gasteiger partial charge < -0.3 is 14.6 Å². The lowest BCUT2D eigenvalue weighted by Gasteiger charge is -2.45. The van der Waals surface area contributed by atoms with Crippen LogP contribution in [-0.4, -0.2) is 19.0 Å². The molecule has 0 N–H and O–H groups in total. The van der Waals surface area contributed by atoms with Crippen LogP contribution in [0.4, 0.5) is 0 Å². The molecule has 0 atom stereocenters. The number of esters is 1. The first-order valence-corrected chi connectivity index (χ1v) is 4.35. The predicted octanol–water partition coefficient (Wildman–Crippen LogP) is -0.530. The Hall–Kier alpha value is -1.06. The van der Waals surface area contributed by atoms with E-state index >= 15 is 0 Å². The van der Waals surface area contributed by atoms with Crippen LogP contribution >= 0.6 is 0 Å². The molecule has 2 bridgehead atoms. The number of carboxylic acids is 1. The van der Waals surface area contributed by atoms with E-state index < -0.39 is 16.8 Å². The predicted molar refractivity (Wildman–Crippen MR) is 40.4 cm³/mol. The van der Waals surface area contributed by atoms with Crippen molar-refractivity contribution < 1.29 is 19.4 Å². The molecule has 13 heavy (non-hydrogen) atoms. The van der Waals surface area contributed by atoms with Crippen molar-refractivity contribution in [2.24, 2.45) is 10.8 Å². The summed E-state index contributed by atoms with van der Waals surface area (Å²) in [6.45, 7) is 0. The van der Waals surface area contributed by atoms with Crippen molar-refractivity contribution in [2.75, 3.05) is 7.11 Å². The van der Waals surface area contributed by atoms with Crippen LogP contribution < -0.4 is 5.11 Å². The minimum atomic E-state index is -1.01. The number of carbonyl (C=O) groups excluding carboxylic acids is 2. The molecule has 3 aliphatic rings. The summed E-state index contributed by atoms with van der Waals surface area (Å²) in [6.07, 6.45) is 2.02. The third-order valence-electron chi connectivity index (χ3n) is 3.49. The lowest BCUT2D eigenvalue weighted by molar-refractivity contribution is -0.324. The molecule has 0 saturated heterocycles. The molecule has 0 unspecified atom stereocenters. The minimum Gasteiger partial charge on any atom is -0.550 e. The zero-order valence-corrected chi connectivity index (χ0v) is 7.46. The standard InChI is InChI=1S/C9H12O4/c1-13-7(12)9-3-2-8(4-9,5-9)6(10)11/h2-5H2,1H3,(H,10,11)/p-1. The number of rotatable bonds is 2. The Labute approximate surface area is 75.9 Å². The quantitative estimate of drug-likeness (QED) is 0.540. The highest BCUT2D eigenvalue weighted by molar-refractivity contribution is 5.86. The van der Waals surface area contributed by atoms with Gasteiger partial charge in [-0.15, -0.1) is 0 Å². The zero-order valence-electron chi connectivity index (χ0n) is 7.46. The van der Waals surface area contributed by atoms with E-state index in [0.717, 1.165) is 0 Å². The minimum absolute atomic E-state index is 0.262. The number of carbonyl (C=O) groups is 2. The average molecular weight is 183 g/mol. The molecule has 3 aliphatic carbocycles. The summed E-state index contributed by atoms with van der Waals surface area (Å²) >= 11 is 0. The Kier molecular flexibility index (Phi) is 1.47. The van der Waals surface area contributed by atoms with Crippen LogP contribution in [0.2, 0.25) is 0 Å². The van der Waals surface area contributed by atoms with Gasteiger partial charge in [0.05, 0.1) is 12.5 Å². The Balaban J connectivity index is 2.15. The third kappa shape index (κ3) is 0.857. The molecule has 3 saturated carbocycles. The van der Waals surface area contributed by atoms with Gasteiger partial charge in [-0.05, 0) is 25.7 Å². The van der Waals surface area contributed by atoms with E-state index in [9.17, 15) is 14.7 Å². The van der Waals surface area contributed by atoms with Crippen LogP contribution in [0.5, 0.6) is 0 Å². The highest BCUT2D eigenvalue weighted by Crippen LogP contribution is 2.67. The van der Waals surface area contributed by atoms with Crippen molar-refractivity contribution in [3.05, 3.63) is 0 Å². The molecule has 3 fully saturated rings. The van der Waals surface area contributed by atoms with E-state index in [1.807, 2.05) is 0 Å². The van der Waals surface area contributed by atoms with Crippen molar-refractivity contribution >= 4 is 11.9 Å². The Bertz CT molecular complexity index is 275. The molecule has 0 radical (unpaired) electrons. The Morgan fingerprint density at radius 2 is 1.77 bits per heavy atom. The summed E-state index contributed by atoms with van der Waals surface area (Å²) in [5.74, 6) is -1.27. The normalized spacial score (nSPS) is 41.0. The summed E-state index contributed by atoms with van der Waals surface area (Å²) in [6, 6.07) is 0. The fourth-order valence-corrected chi connectivity index (χ4v) is 2.79. The average Bonchev–Trinajstić information content (AvgIpc) is 2.57. The van der Waals surface area contributed by atoms with Crippen LogP contribution in [0.15, 0.2) is 0 Å². The lowest BCUT2D eigenvalue weighted by atomic mass is 9.60. The lowest BCUT2D eigenvalue weighted by Crippen LogP contribution is -2.52. The molecule has 72 valence electrons. The maximum Gasteiger partial charge on any atom is 0.311 e. The summed E-state index contributed by atoms with van der Waals surface area (Å²) < 4.78 is 4.65. The van der Waals surface area contributed by atoms with Crippen molar-refractivity contribution in [1.29, 1.82) is 0 Å². The Morgan fingerprint density at radius 3 is 2.15 bits per heavy atom. The first-order valence-electron chi connectivity index (χ1n) is 4.35. The number of aliphatic carboxylic acids is 1. The summed E-state index contributed by atoms with van der Waals surface area (Å²) in [5, 5.41) is 10.8. The number of hydrogen-bond donors (Lipinski definition) is 0. The van der Waals surface area contributed by atoms with Gasteiger partial charge in [-0.3, -0.25) is 4.79 Å². The first kappa shape index (κ1) is 8.53. The first-order chi connectivity index (χ1) is 6.05. The largest absolute Gasteiger partial charge is 0.550 e. The van der Waals surface area contributed by atoms with Crippen LogP contribution in [0.1, 0.15) is 25.7 Å². The van der Waals surface area contributed by atoms with E-state index in [2.05, 4.69) is 4.74 Å². The smallest absolute Gasteiger partial charge is 0.311 e. The molecular weight excluding hydrogens is 172 g/mol. The maximum atomic E-state index is 11.3. The monoisotopic (exact) mass is 183 g/mol. The number of fused-ring (bicyclic) bond motifs is 1. The van der Waals surface area contributed by atoms with Crippen LogP contribution in [0.3, 0.4) is 0 Å². The van der Waals surface area contributed by atoms with E-state index in [-0.39, 0.29) is 5.97 Å². The van der Waals surface area contributed by atoms with Crippen LogP contribution in [0.25, 0.3) is 0 Å². The van der Waals surface area contributed by atoms with Gasteiger partial charge in [0.15, 0.2) is 0 Å². The van der Waals surface area contributed by atoms with Crippen molar-refractivity contribution in [3.63, 3.8) is 0 Å². The van der Waals surface area contributed by atoms with E-state index in [4.69, 9.17) is 0 Å². The molecule has 0 spiro atoms. The van der Waals surface area contributed by atoms with Gasteiger partial charge in [0.25, 0.3) is 0 Å². The molecular formula is C9H11O4-. The summed E-state index contributed by atoms with van der Waals surface area (Å²) in [7, 11) is 1.34. The SMILES string of the molecule is COC(=O)C12CCC(C(=O)[O-])(C1)C2. The third-order valence-corrected chi connectivity index (χ3v) is 3.49. The van der Waals surface area contributed by atoms with E-state index in [1.54, 1.807) is 0 Å². The van der Waals surface area contributed by atoms with E-state index in [1.165, 1.54) is 7.11 Å². The highest BCUT2D eigenvalue weighted by Gasteiger charge is 2.65. The second-order valence-electron chi connectivity index (χ2n) is 4.19. The van der Waals surface area contributed by atoms with Gasteiger partial charge in [-0.2, -0.15) is 0 Å². The topological polar surface area (TPSA) is 66.4 Å². The Morgan fingerprint density at radius 1 is 1.23 bits per heavy atom. The van der Waals surface area contributed by atoms with Crippen molar-refractivity contribution in [3.8, 4) is 0 Å². The van der Waals surface area contributed by atoms with Gasteiger partial charge in [-0.25, -0.2) is 0 Å². The van der Waals surface area contributed by atoms with E-state index in [0.29, 0.717) is 25.7 Å². The second-order valence-corrected chi connectivity index (χ2v) is 4.19. The highest BCUT2D eigenvalue weighted by atomic mass is 16.5. The summed E-state index contributed by atoms with van der Waals surface area (Å²) in [4.78, 5) is 22.1. The number of ether oxygens (including phenoxy) is 1. The van der Waals surface area contributed by atoms with Gasteiger partial charge in [-0.1, -0.05) is 0 Å². The number of methoxy groups -OCH3 is 1. The molecule has 4 nitrogen and oxygen atoms in total. The molecule has 0 heterocycles. The zero-order chi connectivity index (χ0) is 9.69. The van der Waals surface area contributed by atoms with Gasteiger partial charge in [0, 0.05) is 11.4 Å². The van der Waals surface area contributed by atoms with Gasteiger partial charge in [0.1, 0.15) is 0 Å². The second kappa shape index (κ2) is 2.25. The number of hydrogen-bond acceptors (Lipinski definition) is 4. The molecule has 0 aromatic rings. The maximum absolute atomic E-state index is 11.3. The molecule has 0 amide bonds. The molecule has 0 aromatic carbocycles. The number of carboxylic acid groups (broad SMARTS) is 1. The molecule has 4 heteroatoms. The molecule has 0 aliphatic heterocycles. The van der Waals surface area contributed by atoms with Crippen molar-refractivity contribution in [2.45, 2.75) is 25.7 Å². The fourth-order valence-electron chi connectivity index (χ4n) is 2.79. The fraction of sp³-hybridized carbons (Fsp3) is 0.778. The van der Waals surface area contributed by atoms with Gasteiger partial charge in [0.2, 0.25) is 0 Å². The van der Waals surface area contributed by atoms with Crippen LogP contribution in [-0.2, 0) is 14.3 Å². The molecule has 0 aromatic heterocycles. The summed E-state index contributed by atoms with van der Waals surface area (Å²) in [5.41, 5.74) is -1.21. The molecule has 3 rings (SSSR count). The van der Waals surface area contributed by atoms with Gasteiger partial charge >= 0.3 is 5.97 Å².